The second kappa shape index (κ2) is 6.53. The number of nitrogens with zero attached hydrogens (tertiary/aromatic N) is 1. The van der Waals surface area contributed by atoms with Gasteiger partial charge in [-0.05, 0) is 12.8 Å². The molecule has 0 aliphatic heterocycles. The molecule has 0 aliphatic carbocycles. The molecule has 1 rings (SSSR count). The summed E-state index contributed by atoms with van der Waals surface area (Å²) in [5.74, 6) is 0.772. The molecule has 1 aromatic rings. The number of rotatable bonds is 6. The molecule has 0 bridgehead atoms. The minimum Gasteiger partial charge on any atom is -0.495 e. The Morgan fingerprint density at radius 3 is 2.44 bits per heavy atom. The van der Waals surface area contributed by atoms with Crippen molar-refractivity contribution in [3.63, 3.8) is 0 Å². The Morgan fingerprint density at radius 2 is 1.94 bits per heavy atom. The van der Waals surface area contributed by atoms with Crippen molar-refractivity contribution < 1.29 is 9.53 Å². The molecule has 0 aromatic carbocycles. The predicted octanol–water partition coefficient (Wildman–Crippen LogP) is 3.02. The summed E-state index contributed by atoms with van der Waals surface area (Å²) in [7, 11) is 1.60. The van der Waals surface area contributed by atoms with Crippen LogP contribution in [0, 0.1) is 0 Å². The van der Waals surface area contributed by atoms with Crippen LogP contribution in [0.15, 0.2) is 10.8 Å². The molecule has 3 nitrogen and oxygen atoms in total. The monoisotopic (exact) mass is 241 g/mol. The van der Waals surface area contributed by atoms with E-state index in [1.165, 1.54) is 11.3 Å². The van der Waals surface area contributed by atoms with Crippen molar-refractivity contribution in [2.24, 2.45) is 0 Å². The van der Waals surface area contributed by atoms with Crippen molar-refractivity contribution >= 4 is 17.2 Å². The van der Waals surface area contributed by atoms with Crippen LogP contribution in [-0.2, 0) is 0 Å². The molecule has 0 spiro atoms. The van der Waals surface area contributed by atoms with Gasteiger partial charge in [-0.15, -0.1) is 11.3 Å². The van der Waals surface area contributed by atoms with E-state index >= 15 is 0 Å². The molecule has 0 atom stereocenters. The first-order valence-electron chi connectivity index (χ1n) is 5.64. The molecular weight excluding hydrogens is 222 g/mol. The number of amides is 1. The van der Waals surface area contributed by atoms with Crippen molar-refractivity contribution in [3.8, 4) is 5.75 Å². The van der Waals surface area contributed by atoms with E-state index in [0.717, 1.165) is 25.9 Å². The van der Waals surface area contributed by atoms with Crippen LogP contribution in [0.4, 0.5) is 0 Å². The number of ether oxygens (including phenoxy) is 1. The fourth-order valence-corrected chi connectivity index (χ4v) is 2.39. The minimum atomic E-state index is 0.0850. The molecule has 0 saturated carbocycles. The largest absolute Gasteiger partial charge is 0.495 e. The van der Waals surface area contributed by atoms with Gasteiger partial charge in [0, 0.05) is 23.8 Å². The van der Waals surface area contributed by atoms with Crippen molar-refractivity contribution in [3.05, 3.63) is 16.3 Å². The predicted molar refractivity (Wildman–Crippen MR) is 67.4 cm³/mol. The fraction of sp³-hybridized carbons (Fsp3) is 0.583. The molecule has 4 heteroatoms. The molecule has 0 radical (unpaired) electrons. The summed E-state index contributed by atoms with van der Waals surface area (Å²) < 4.78 is 5.18. The van der Waals surface area contributed by atoms with Crippen LogP contribution in [-0.4, -0.2) is 31.0 Å². The molecule has 16 heavy (non-hydrogen) atoms. The van der Waals surface area contributed by atoms with Gasteiger partial charge in [0.05, 0.1) is 12.7 Å². The van der Waals surface area contributed by atoms with E-state index in [-0.39, 0.29) is 5.91 Å². The molecule has 1 heterocycles. The number of thiophene rings is 1. The summed E-state index contributed by atoms with van der Waals surface area (Å²) in [5.41, 5.74) is 0.689. The van der Waals surface area contributed by atoms with Crippen LogP contribution >= 0.6 is 11.3 Å². The van der Waals surface area contributed by atoms with Gasteiger partial charge in [0.15, 0.2) is 0 Å². The quantitative estimate of drug-likeness (QED) is 0.766. The second-order valence-corrected chi connectivity index (χ2v) is 4.39. The Balaban J connectivity index is 2.81. The summed E-state index contributed by atoms with van der Waals surface area (Å²) in [6, 6.07) is 0. The van der Waals surface area contributed by atoms with Gasteiger partial charge in [-0.25, -0.2) is 0 Å². The fourth-order valence-electron chi connectivity index (χ4n) is 1.62. The maximum atomic E-state index is 12.2. The van der Waals surface area contributed by atoms with Crippen LogP contribution in [0.5, 0.6) is 5.75 Å². The van der Waals surface area contributed by atoms with Gasteiger partial charge in [0.25, 0.3) is 5.91 Å². The van der Waals surface area contributed by atoms with Crippen molar-refractivity contribution in [1.82, 2.24) is 4.90 Å². The lowest BCUT2D eigenvalue weighted by Crippen LogP contribution is -2.32. The third-order valence-corrected chi connectivity index (χ3v) is 3.07. The molecule has 0 N–H and O–H groups in total. The summed E-state index contributed by atoms with van der Waals surface area (Å²) >= 11 is 1.50. The average molecular weight is 241 g/mol. The summed E-state index contributed by atoms with van der Waals surface area (Å²) in [5, 5.41) is 3.72. The van der Waals surface area contributed by atoms with Gasteiger partial charge in [0.1, 0.15) is 5.75 Å². The maximum Gasteiger partial charge on any atom is 0.258 e. The van der Waals surface area contributed by atoms with E-state index in [1.807, 2.05) is 15.7 Å². The number of hydrogen-bond donors (Lipinski definition) is 0. The van der Waals surface area contributed by atoms with E-state index in [0.29, 0.717) is 11.3 Å². The molecule has 1 amide bonds. The Bertz CT molecular complexity index is 330. The first-order chi connectivity index (χ1) is 7.74. The number of methoxy groups -OCH3 is 1. The molecule has 1 aromatic heterocycles. The standard InChI is InChI=1S/C12H19NO2S/c1-4-6-13(7-5-2)12(14)10-8-16-9-11(10)15-3/h8-9H,4-7H2,1-3H3. The summed E-state index contributed by atoms with van der Waals surface area (Å²) in [4.78, 5) is 14.1. The lowest BCUT2D eigenvalue weighted by atomic mass is 10.2. The van der Waals surface area contributed by atoms with E-state index in [2.05, 4.69) is 13.8 Å². The van der Waals surface area contributed by atoms with Gasteiger partial charge in [-0.2, -0.15) is 0 Å². The molecule has 0 saturated heterocycles. The highest BCUT2D eigenvalue weighted by atomic mass is 32.1. The third kappa shape index (κ3) is 2.98. The summed E-state index contributed by atoms with van der Waals surface area (Å²) in [6.07, 6.45) is 1.97. The van der Waals surface area contributed by atoms with Crippen LogP contribution in [0.1, 0.15) is 37.0 Å². The zero-order chi connectivity index (χ0) is 12.0. The molecular formula is C12H19NO2S. The third-order valence-electron chi connectivity index (χ3n) is 2.35. The SMILES string of the molecule is CCCN(CCC)C(=O)c1cscc1OC. The zero-order valence-electron chi connectivity index (χ0n) is 10.2. The van der Waals surface area contributed by atoms with Crippen LogP contribution in [0.2, 0.25) is 0 Å². The van der Waals surface area contributed by atoms with Crippen LogP contribution in [0.25, 0.3) is 0 Å². The van der Waals surface area contributed by atoms with Crippen molar-refractivity contribution in [1.29, 1.82) is 0 Å². The molecule has 0 aliphatic rings. The normalized spacial score (nSPS) is 10.2. The second-order valence-electron chi connectivity index (χ2n) is 3.65. The Kier molecular flexibility index (Phi) is 5.32. The van der Waals surface area contributed by atoms with Crippen molar-refractivity contribution in [2.75, 3.05) is 20.2 Å². The van der Waals surface area contributed by atoms with Crippen LogP contribution < -0.4 is 4.74 Å². The number of carbonyl (C=O) groups is 1. The van der Waals surface area contributed by atoms with Crippen LogP contribution in [0.3, 0.4) is 0 Å². The highest BCUT2D eigenvalue weighted by molar-refractivity contribution is 7.08. The van der Waals surface area contributed by atoms with Gasteiger partial charge in [-0.1, -0.05) is 13.8 Å². The number of carbonyl (C=O) groups excluding carboxylic acids is 1. The van der Waals surface area contributed by atoms with E-state index in [9.17, 15) is 4.79 Å². The smallest absolute Gasteiger partial charge is 0.258 e. The molecule has 0 fully saturated rings. The van der Waals surface area contributed by atoms with Gasteiger partial charge in [0.2, 0.25) is 0 Å². The Labute approximate surface area is 101 Å². The highest BCUT2D eigenvalue weighted by Gasteiger charge is 2.18. The summed E-state index contributed by atoms with van der Waals surface area (Å²) in [6.45, 7) is 5.79. The first kappa shape index (κ1) is 13.0. The minimum absolute atomic E-state index is 0.0850. The zero-order valence-corrected chi connectivity index (χ0v) is 11.0. The molecule has 0 unspecified atom stereocenters. The van der Waals surface area contributed by atoms with Gasteiger partial charge in [-0.3, -0.25) is 4.79 Å². The molecule has 90 valence electrons. The van der Waals surface area contributed by atoms with E-state index < -0.39 is 0 Å². The first-order valence-corrected chi connectivity index (χ1v) is 6.58. The maximum absolute atomic E-state index is 12.2. The van der Waals surface area contributed by atoms with Crippen molar-refractivity contribution in [2.45, 2.75) is 26.7 Å². The number of hydrogen-bond acceptors (Lipinski definition) is 3. The topological polar surface area (TPSA) is 29.5 Å². The Hall–Kier alpha value is -1.03. The van der Waals surface area contributed by atoms with E-state index in [1.54, 1.807) is 7.11 Å². The Morgan fingerprint density at radius 1 is 1.31 bits per heavy atom. The van der Waals surface area contributed by atoms with E-state index in [4.69, 9.17) is 4.74 Å². The van der Waals surface area contributed by atoms with Gasteiger partial charge >= 0.3 is 0 Å². The lowest BCUT2D eigenvalue weighted by Gasteiger charge is -2.21. The average Bonchev–Trinajstić information content (AvgIpc) is 2.75. The lowest BCUT2D eigenvalue weighted by molar-refractivity contribution is 0.0753. The highest BCUT2D eigenvalue weighted by Crippen LogP contribution is 2.24. The van der Waals surface area contributed by atoms with Gasteiger partial charge < -0.3 is 9.64 Å².